The van der Waals surface area contributed by atoms with Crippen LogP contribution in [0.5, 0.6) is 0 Å². The van der Waals surface area contributed by atoms with Gasteiger partial charge in [-0.1, -0.05) is 26.2 Å². The van der Waals surface area contributed by atoms with E-state index in [1.165, 1.54) is 57.1 Å². The molecule has 0 aliphatic heterocycles. The Hall–Kier alpha value is -0.193. The quantitative estimate of drug-likeness (QED) is 0.428. The van der Waals surface area contributed by atoms with Crippen LogP contribution >= 0.6 is 0 Å². The Bertz CT molecular complexity index is 270. The molecule has 0 amide bonds. The zero-order valence-corrected chi connectivity index (χ0v) is 15.8. The molecule has 0 spiro atoms. The van der Waals surface area contributed by atoms with Crippen molar-refractivity contribution in [2.45, 2.75) is 83.6 Å². The first-order chi connectivity index (χ1) is 10.3. The summed E-state index contributed by atoms with van der Waals surface area (Å²) < 4.78 is 11.5. The molecule has 3 nitrogen and oxygen atoms in total. The Morgan fingerprint density at radius 2 is 1.67 bits per heavy atom. The van der Waals surface area contributed by atoms with Gasteiger partial charge < -0.3 is 9.47 Å². The molecule has 21 heavy (non-hydrogen) atoms. The zero-order chi connectivity index (χ0) is 15.3. The number of hydrogen-bond acceptors (Lipinski definition) is 3. The van der Waals surface area contributed by atoms with Gasteiger partial charge in [0.15, 0.2) is 0 Å². The van der Waals surface area contributed by atoms with Crippen molar-refractivity contribution >= 4 is 15.2 Å². The minimum absolute atomic E-state index is 0.110. The monoisotopic (exact) mass is 313 g/mol. The summed E-state index contributed by atoms with van der Waals surface area (Å²) in [6, 6.07) is 0. The Balaban J connectivity index is 2.36. The Morgan fingerprint density at radius 1 is 1.00 bits per heavy atom. The van der Waals surface area contributed by atoms with Crippen LogP contribution in [0.2, 0.25) is 5.54 Å². The number of ether oxygens (including phenoxy) is 2. The molecule has 0 N–H and O–H groups in total. The van der Waals surface area contributed by atoms with Crippen LogP contribution in [0.25, 0.3) is 0 Å². The van der Waals surface area contributed by atoms with Crippen molar-refractivity contribution in [3.63, 3.8) is 0 Å². The summed E-state index contributed by atoms with van der Waals surface area (Å²) in [5.41, 5.74) is 2.29. The predicted molar refractivity (Wildman–Crippen MR) is 94.2 cm³/mol. The highest BCUT2D eigenvalue weighted by Crippen LogP contribution is 2.20. The number of hydrogen-bond donors (Lipinski definition) is 0. The molecular formula is C17H35NO2Si. The minimum atomic E-state index is -0.356. The molecule has 0 saturated heterocycles. The molecule has 1 aliphatic carbocycles. The van der Waals surface area contributed by atoms with E-state index in [1.807, 2.05) is 0 Å². The third kappa shape index (κ3) is 8.74. The second-order valence-corrected chi connectivity index (χ2v) is 8.32. The lowest BCUT2D eigenvalue weighted by atomic mass is 9.98. The molecule has 1 saturated carbocycles. The summed E-state index contributed by atoms with van der Waals surface area (Å²) in [6.07, 6.45) is 10.4. The Labute approximate surface area is 133 Å². The van der Waals surface area contributed by atoms with Crippen LogP contribution in [-0.2, 0) is 9.47 Å². The maximum Gasteiger partial charge on any atom is 0.135 e. The molecule has 1 aliphatic rings. The zero-order valence-electron chi connectivity index (χ0n) is 14.4. The maximum atomic E-state index is 5.76. The smallest absolute Gasteiger partial charge is 0.135 e. The molecule has 0 aromatic heterocycles. The van der Waals surface area contributed by atoms with E-state index in [-0.39, 0.29) is 15.4 Å². The van der Waals surface area contributed by atoms with E-state index in [1.54, 1.807) is 0 Å². The van der Waals surface area contributed by atoms with Gasteiger partial charge in [-0.2, -0.15) is 0 Å². The molecule has 124 valence electrons. The molecular weight excluding hydrogens is 278 g/mol. The summed E-state index contributed by atoms with van der Waals surface area (Å²) in [6.45, 7) is 8.95. The lowest BCUT2D eigenvalue weighted by Gasteiger charge is -2.22. The van der Waals surface area contributed by atoms with E-state index >= 15 is 0 Å². The van der Waals surface area contributed by atoms with Crippen molar-refractivity contribution < 1.29 is 9.47 Å². The van der Waals surface area contributed by atoms with Gasteiger partial charge in [0.25, 0.3) is 0 Å². The molecule has 0 aromatic rings. The number of rotatable bonds is 11. The van der Waals surface area contributed by atoms with Gasteiger partial charge in [0.05, 0.1) is 9.52 Å². The predicted octanol–water partition coefficient (Wildman–Crippen LogP) is 3.90. The van der Waals surface area contributed by atoms with E-state index < -0.39 is 0 Å². The van der Waals surface area contributed by atoms with Crippen LogP contribution in [0.1, 0.15) is 72.1 Å². The SMILES string of the molecule is CCCC(CCN=C1CCCCC1)[SiH2]C(OCC)OCC. The molecule has 0 aromatic carbocycles. The molecule has 1 unspecified atom stereocenters. The molecule has 4 heteroatoms. The van der Waals surface area contributed by atoms with E-state index in [2.05, 4.69) is 20.8 Å². The first-order valence-corrected chi connectivity index (χ1v) is 10.7. The number of aliphatic imine (C=N–C) groups is 1. The van der Waals surface area contributed by atoms with Crippen LogP contribution < -0.4 is 0 Å². The van der Waals surface area contributed by atoms with Gasteiger partial charge in [0.1, 0.15) is 5.91 Å². The lowest BCUT2D eigenvalue weighted by molar-refractivity contribution is -0.0835. The van der Waals surface area contributed by atoms with Crippen LogP contribution in [0, 0.1) is 0 Å². The Morgan fingerprint density at radius 3 is 2.24 bits per heavy atom. The van der Waals surface area contributed by atoms with E-state index in [9.17, 15) is 0 Å². The maximum absolute atomic E-state index is 5.76. The first-order valence-electron chi connectivity index (χ1n) is 9.05. The van der Waals surface area contributed by atoms with E-state index in [0.717, 1.165) is 25.3 Å². The normalized spacial score (nSPS) is 17.8. The molecule has 1 fully saturated rings. The van der Waals surface area contributed by atoms with Crippen LogP contribution in [0.3, 0.4) is 0 Å². The van der Waals surface area contributed by atoms with E-state index in [0.29, 0.717) is 0 Å². The van der Waals surface area contributed by atoms with Crippen molar-refractivity contribution in [3.8, 4) is 0 Å². The van der Waals surface area contributed by atoms with Crippen LogP contribution in [0.15, 0.2) is 4.99 Å². The fourth-order valence-electron chi connectivity index (χ4n) is 3.14. The summed E-state index contributed by atoms with van der Waals surface area (Å²) in [5, 5.41) is 0. The summed E-state index contributed by atoms with van der Waals surface area (Å²) in [5.74, 6) is 0.110. The van der Waals surface area contributed by atoms with Crippen molar-refractivity contribution in [3.05, 3.63) is 0 Å². The third-order valence-electron chi connectivity index (χ3n) is 4.23. The van der Waals surface area contributed by atoms with Gasteiger partial charge in [0, 0.05) is 25.5 Å². The highest BCUT2D eigenvalue weighted by Gasteiger charge is 2.17. The molecule has 0 radical (unpaired) electrons. The van der Waals surface area contributed by atoms with Gasteiger partial charge in [-0.15, -0.1) is 0 Å². The Kier molecular flexibility index (Phi) is 11.1. The fourth-order valence-corrected chi connectivity index (χ4v) is 5.49. The average Bonchev–Trinajstić information content (AvgIpc) is 2.49. The second kappa shape index (κ2) is 12.4. The van der Waals surface area contributed by atoms with Crippen molar-refractivity contribution in [2.24, 2.45) is 4.99 Å². The summed E-state index contributed by atoms with van der Waals surface area (Å²) in [7, 11) is -0.356. The van der Waals surface area contributed by atoms with Crippen molar-refractivity contribution in [1.82, 2.24) is 0 Å². The highest BCUT2D eigenvalue weighted by atomic mass is 28.2. The standard InChI is InChI=1S/C17H35NO2Si/c1-4-10-16(21-17(19-5-2)20-6-3)13-14-18-15-11-8-7-9-12-15/h16-17H,4-14,21H2,1-3H3. The first kappa shape index (κ1) is 18.9. The lowest BCUT2D eigenvalue weighted by Crippen LogP contribution is -2.28. The molecule has 0 bridgehead atoms. The minimum Gasteiger partial charge on any atom is -0.357 e. The van der Waals surface area contributed by atoms with Gasteiger partial charge in [-0.3, -0.25) is 4.99 Å². The summed E-state index contributed by atoms with van der Waals surface area (Å²) in [4.78, 5) is 4.86. The van der Waals surface area contributed by atoms with Gasteiger partial charge in [-0.05, 0) is 51.5 Å². The molecule has 0 heterocycles. The second-order valence-electron chi connectivity index (χ2n) is 6.03. The molecule has 1 atom stereocenters. The van der Waals surface area contributed by atoms with Crippen LogP contribution in [-0.4, -0.2) is 40.9 Å². The largest absolute Gasteiger partial charge is 0.357 e. The topological polar surface area (TPSA) is 30.8 Å². The van der Waals surface area contributed by atoms with E-state index in [4.69, 9.17) is 14.5 Å². The van der Waals surface area contributed by atoms with Gasteiger partial charge in [0.2, 0.25) is 0 Å². The van der Waals surface area contributed by atoms with Crippen molar-refractivity contribution in [1.29, 1.82) is 0 Å². The highest BCUT2D eigenvalue weighted by molar-refractivity contribution is 6.38. The molecule has 1 rings (SSSR count). The number of nitrogens with zero attached hydrogens (tertiary/aromatic N) is 1. The van der Waals surface area contributed by atoms with Gasteiger partial charge in [-0.25, -0.2) is 0 Å². The van der Waals surface area contributed by atoms with Crippen LogP contribution in [0.4, 0.5) is 0 Å². The summed E-state index contributed by atoms with van der Waals surface area (Å²) >= 11 is 0. The van der Waals surface area contributed by atoms with Gasteiger partial charge >= 0.3 is 0 Å². The van der Waals surface area contributed by atoms with Crippen molar-refractivity contribution in [2.75, 3.05) is 19.8 Å². The third-order valence-corrected chi connectivity index (χ3v) is 6.57. The fraction of sp³-hybridized carbons (Fsp3) is 0.941. The average molecular weight is 314 g/mol.